The van der Waals surface area contributed by atoms with Crippen molar-refractivity contribution in [3.8, 4) is 0 Å². The van der Waals surface area contributed by atoms with Crippen LogP contribution in [0.5, 0.6) is 0 Å². The maximum atomic E-state index is 9.05. The van der Waals surface area contributed by atoms with Gasteiger partial charge in [0.1, 0.15) is 0 Å². The molecule has 1 N–H and O–H groups in total. The number of thiazole rings is 1. The van der Waals surface area contributed by atoms with E-state index in [-0.39, 0.29) is 0 Å². The first-order valence-electron chi connectivity index (χ1n) is 7.17. The van der Waals surface area contributed by atoms with Gasteiger partial charge in [0.05, 0.1) is 16.6 Å². The first kappa shape index (κ1) is 15.2. The van der Waals surface area contributed by atoms with Crippen LogP contribution in [-0.4, -0.2) is 40.7 Å². The second-order valence-electron chi connectivity index (χ2n) is 5.17. The van der Waals surface area contributed by atoms with Crippen molar-refractivity contribution in [2.75, 3.05) is 19.7 Å². The minimum Gasteiger partial charge on any atom is -0.396 e. The molecule has 0 bridgehead atoms. The average molecular weight is 303 g/mol. The van der Waals surface area contributed by atoms with Gasteiger partial charge in [-0.3, -0.25) is 0 Å². The monoisotopic (exact) mass is 302 g/mol. The summed E-state index contributed by atoms with van der Waals surface area (Å²) in [4.78, 5) is 7.03. The van der Waals surface area contributed by atoms with Gasteiger partial charge in [-0.1, -0.05) is 0 Å². The smallest absolute Gasteiger partial charge is 0.0928 e. The number of unbranched alkanes of at least 4 members (excludes halogenated alkanes) is 1. The zero-order chi connectivity index (χ0) is 13.5. The average Bonchev–Trinajstić information content (AvgIpc) is 3.04. The lowest BCUT2D eigenvalue weighted by Gasteiger charge is -2.23. The summed E-state index contributed by atoms with van der Waals surface area (Å²) in [6, 6.07) is 0.618. The molecule has 3 nitrogen and oxygen atoms in total. The molecule has 0 saturated carbocycles. The normalized spacial score (nSPS) is 20.2. The summed E-state index contributed by atoms with van der Waals surface area (Å²) in [6.07, 6.45) is 6.96. The Hall–Kier alpha value is -0.160. The Balaban J connectivity index is 1.63. The van der Waals surface area contributed by atoms with Gasteiger partial charge in [-0.25, -0.2) is 4.98 Å². The molecule has 1 aliphatic rings. The predicted octanol–water partition coefficient (Wildman–Crippen LogP) is 3.05. The number of alkyl halides is 1. The zero-order valence-electron chi connectivity index (χ0n) is 11.4. The molecule has 2 rings (SSSR count). The van der Waals surface area contributed by atoms with Crippen molar-refractivity contribution in [2.24, 2.45) is 0 Å². The van der Waals surface area contributed by atoms with Crippen LogP contribution < -0.4 is 0 Å². The van der Waals surface area contributed by atoms with Gasteiger partial charge in [-0.15, -0.1) is 22.9 Å². The third-order valence-corrected chi connectivity index (χ3v) is 5.01. The molecule has 1 unspecified atom stereocenters. The number of likely N-dealkylation sites (tertiary alicyclic amines) is 1. The number of aromatic nitrogens is 1. The van der Waals surface area contributed by atoms with Crippen molar-refractivity contribution in [1.82, 2.24) is 9.88 Å². The van der Waals surface area contributed by atoms with Crippen LogP contribution in [0.2, 0.25) is 0 Å². The van der Waals surface area contributed by atoms with E-state index in [0.717, 1.165) is 18.5 Å². The van der Waals surface area contributed by atoms with Gasteiger partial charge in [-0.2, -0.15) is 0 Å². The summed E-state index contributed by atoms with van der Waals surface area (Å²) in [7, 11) is 0. The van der Waals surface area contributed by atoms with Crippen LogP contribution in [0.1, 0.15) is 42.8 Å². The third-order valence-electron chi connectivity index (χ3n) is 3.78. The molecule has 108 valence electrons. The highest BCUT2D eigenvalue weighted by Crippen LogP contribution is 2.21. The Morgan fingerprint density at radius 2 is 2.37 bits per heavy atom. The van der Waals surface area contributed by atoms with Crippen molar-refractivity contribution >= 4 is 22.9 Å². The second-order valence-corrected chi connectivity index (χ2v) is 6.38. The van der Waals surface area contributed by atoms with E-state index in [1.165, 1.54) is 43.8 Å². The van der Waals surface area contributed by atoms with E-state index in [0.29, 0.717) is 18.5 Å². The molecular formula is C14H23ClN2OS. The van der Waals surface area contributed by atoms with Crippen LogP contribution >= 0.6 is 22.9 Å². The molecule has 1 atom stereocenters. The highest BCUT2D eigenvalue weighted by molar-refractivity contribution is 7.09. The molecule has 1 aromatic rings. The fraction of sp³-hybridized carbons (Fsp3) is 0.786. The largest absolute Gasteiger partial charge is 0.396 e. The topological polar surface area (TPSA) is 36.4 Å². The van der Waals surface area contributed by atoms with Crippen LogP contribution in [0.4, 0.5) is 0 Å². The molecule has 0 aliphatic carbocycles. The van der Waals surface area contributed by atoms with E-state index in [4.69, 9.17) is 16.7 Å². The number of rotatable bonds is 8. The Bertz CT molecular complexity index is 372. The van der Waals surface area contributed by atoms with E-state index >= 15 is 0 Å². The van der Waals surface area contributed by atoms with Crippen molar-refractivity contribution in [3.05, 3.63) is 16.1 Å². The van der Waals surface area contributed by atoms with Gasteiger partial charge in [0.25, 0.3) is 0 Å². The van der Waals surface area contributed by atoms with Gasteiger partial charge in [0.15, 0.2) is 0 Å². The van der Waals surface area contributed by atoms with E-state index in [2.05, 4.69) is 15.3 Å². The number of hydrogen-bond acceptors (Lipinski definition) is 4. The first-order valence-corrected chi connectivity index (χ1v) is 8.59. The number of aryl methyl sites for hydroxylation is 1. The van der Waals surface area contributed by atoms with Crippen LogP contribution in [0.25, 0.3) is 0 Å². The Kier molecular flexibility index (Phi) is 6.57. The van der Waals surface area contributed by atoms with E-state index in [1.54, 1.807) is 11.3 Å². The molecule has 1 saturated heterocycles. The Morgan fingerprint density at radius 1 is 1.47 bits per heavy atom. The van der Waals surface area contributed by atoms with Gasteiger partial charge in [-0.05, 0) is 51.6 Å². The summed E-state index contributed by atoms with van der Waals surface area (Å²) in [5, 5.41) is 12.3. The fourth-order valence-corrected chi connectivity index (χ4v) is 3.85. The van der Waals surface area contributed by atoms with Gasteiger partial charge < -0.3 is 10.0 Å². The lowest BCUT2D eigenvalue weighted by Crippen LogP contribution is -2.31. The fourth-order valence-electron chi connectivity index (χ4n) is 2.78. The minimum atomic E-state index is 0.321. The Labute approximate surface area is 124 Å². The highest BCUT2D eigenvalue weighted by Gasteiger charge is 2.22. The standard InChI is InChI=1S/C14H23ClN2OS/c15-10-12-11-19-14(16-12)5-1-2-7-17-8-3-4-13(17)6-9-18/h11,13,18H,1-10H2. The maximum Gasteiger partial charge on any atom is 0.0928 e. The molecule has 0 amide bonds. The van der Waals surface area contributed by atoms with Crippen LogP contribution in [-0.2, 0) is 12.3 Å². The first-order chi connectivity index (χ1) is 9.33. The van der Waals surface area contributed by atoms with Gasteiger partial charge >= 0.3 is 0 Å². The SMILES string of the molecule is OCCC1CCCN1CCCCc1nc(CCl)cs1. The van der Waals surface area contributed by atoms with Crippen molar-refractivity contribution in [1.29, 1.82) is 0 Å². The summed E-state index contributed by atoms with van der Waals surface area (Å²) in [5.74, 6) is 0.521. The van der Waals surface area contributed by atoms with E-state index in [1.807, 2.05) is 0 Å². The van der Waals surface area contributed by atoms with Crippen LogP contribution in [0.3, 0.4) is 0 Å². The lowest BCUT2D eigenvalue weighted by atomic mass is 10.1. The molecule has 1 aliphatic heterocycles. The maximum absolute atomic E-state index is 9.05. The molecule has 1 fully saturated rings. The summed E-state index contributed by atoms with van der Waals surface area (Å²) >= 11 is 7.47. The minimum absolute atomic E-state index is 0.321. The molecule has 0 aromatic carbocycles. The van der Waals surface area contributed by atoms with Crippen LogP contribution in [0.15, 0.2) is 5.38 Å². The summed E-state index contributed by atoms with van der Waals surface area (Å²) in [6.45, 7) is 2.69. The Morgan fingerprint density at radius 3 is 3.11 bits per heavy atom. The predicted molar refractivity (Wildman–Crippen MR) is 80.9 cm³/mol. The quantitative estimate of drug-likeness (QED) is 0.592. The molecule has 19 heavy (non-hydrogen) atoms. The molecule has 1 aromatic heterocycles. The summed E-state index contributed by atoms with van der Waals surface area (Å²) < 4.78 is 0. The third kappa shape index (κ3) is 4.71. The number of nitrogens with zero attached hydrogens (tertiary/aromatic N) is 2. The van der Waals surface area contributed by atoms with Crippen molar-refractivity contribution in [3.63, 3.8) is 0 Å². The zero-order valence-corrected chi connectivity index (χ0v) is 12.9. The van der Waals surface area contributed by atoms with Crippen molar-refractivity contribution < 1.29 is 5.11 Å². The van der Waals surface area contributed by atoms with Crippen LogP contribution in [0, 0.1) is 0 Å². The number of aliphatic hydroxyl groups excluding tert-OH is 1. The highest BCUT2D eigenvalue weighted by atomic mass is 35.5. The van der Waals surface area contributed by atoms with Crippen molar-refractivity contribution in [2.45, 2.75) is 50.4 Å². The number of halogens is 1. The number of hydrogen-bond donors (Lipinski definition) is 1. The number of aliphatic hydroxyl groups is 1. The molecule has 0 spiro atoms. The second kappa shape index (κ2) is 8.20. The van der Waals surface area contributed by atoms with E-state index < -0.39 is 0 Å². The van der Waals surface area contributed by atoms with Gasteiger partial charge in [0, 0.05) is 18.0 Å². The van der Waals surface area contributed by atoms with Gasteiger partial charge in [0.2, 0.25) is 0 Å². The molecular weight excluding hydrogens is 280 g/mol. The van der Waals surface area contributed by atoms with E-state index in [9.17, 15) is 0 Å². The lowest BCUT2D eigenvalue weighted by molar-refractivity contribution is 0.193. The summed E-state index contributed by atoms with van der Waals surface area (Å²) in [5.41, 5.74) is 1.00. The molecule has 5 heteroatoms. The molecule has 2 heterocycles. The molecule has 0 radical (unpaired) electrons.